The first-order valence-electron chi connectivity index (χ1n) is 9.30. The Morgan fingerprint density at radius 3 is 2.54 bits per heavy atom. The summed E-state index contributed by atoms with van der Waals surface area (Å²) in [7, 11) is 0. The number of hydrogen-bond donors (Lipinski definition) is 2. The van der Waals surface area contributed by atoms with Crippen molar-refractivity contribution in [1.29, 1.82) is 0 Å². The Hall–Kier alpha value is -2.40. The third-order valence-electron chi connectivity index (χ3n) is 5.40. The molecule has 0 aromatic heterocycles. The van der Waals surface area contributed by atoms with E-state index in [0.717, 1.165) is 37.2 Å². The first kappa shape index (κ1) is 17.0. The second-order valence-corrected chi connectivity index (χ2v) is 7.17. The van der Waals surface area contributed by atoms with Crippen molar-refractivity contribution in [2.75, 3.05) is 19.6 Å². The van der Waals surface area contributed by atoms with Crippen molar-refractivity contribution >= 4 is 6.03 Å². The van der Waals surface area contributed by atoms with Gasteiger partial charge in [0.15, 0.2) is 0 Å². The summed E-state index contributed by atoms with van der Waals surface area (Å²) in [5.41, 5.74) is 3.20. The lowest BCUT2D eigenvalue weighted by molar-refractivity contribution is 0.0711. The number of carbonyl (C=O) groups is 1. The molecule has 2 amide bonds. The summed E-state index contributed by atoms with van der Waals surface area (Å²) in [5, 5.41) is 6.51. The predicted molar refractivity (Wildman–Crippen MR) is 101 cm³/mol. The van der Waals surface area contributed by atoms with Crippen LogP contribution < -0.4 is 10.6 Å². The molecule has 2 aromatic rings. The summed E-state index contributed by atoms with van der Waals surface area (Å²) in [6, 6.07) is 15.7. The Morgan fingerprint density at radius 2 is 1.88 bits per heavy atom. The van der Waals surface area contributed by atoms with Gasteiger partial charge in [0.25, 0.3) is 0 Å². The smallest absolute Gasteiger partial charge is 0.317 e. The highest BCUT2D eigenvalue weighted by atomic mass is 19.1. The van der Waals surface area contributed by atoms with Gasteiger partial charge in [0.2, 0.25) is 0 Å². The molecule has 5 heteroatoms. The molecular weight excluding hydrogens is 329 g/mol. The van der Waals surface area contributed by atoms with Crippen molar-refractivity contribution in [3.63, 3.8) is 0 Å². The summed E-state index contributed by atoms with van der Waals surface area (Å²) < 4.78 is 13.4. The molecule has 1 unspecified atom stereocenters. The van der Waals surface area contributed by atoms with E-state index in [1.165, 1.54) is 11.6 Å². The van der Waals surface area contributed by atoms with Crippen LogP contribution in [0.1, 0.15) is 24.8 Å². The number of nitrogens with zero attached hydrogens (tertiary/aromatic N) is 1. The SMILES string of the molecule is CCCNC(=O)N1C[C@@H]2N[C@H](C1)C2c1ccc(-c2cccc(F)c2)cc1. The van der Waals surface area contributed by atoms with Crippen molar-refractivity contribution in [3.05, 3.63) is 59.9 Å². The average Bonchev–Trinajstić information content (AvgIpc) is 2.66. The first-order chi connectivity index (χ1) is 12.7. The number of rotatable bonds is 4. The fraction of sp³-hybridized carbons (Fsp3) is 0.381. The predicted octanol–water partition coefficient (Wildman–Crippen LogP) is 3.35. The van der Waals surface area contributed by atoms with Crippen LogP contribution in [-0.2, 0) is 0 Å². The zero-order valence-corrected chi connectivity index (χ0v) is 14.9. The van der Waals surface area contributed by atoms with Gasteiger partial charge in [-0.25, -0.2) is 9.18 Å². The Kier molecular flexibility index (Phi) is 4.64. The van der Waals surface area contributed by atoms with E-state index < -0.39 is 0 Å². The molecule has 2 aromatic carbocycles. The molecule has 26 heavy (non-hydrogen) atoms. The van der Waals surface area contributed by atoms with Crippen LogP contribution >= 0.6 is 0 Å². The highest BCUT2D eigenvalue weighted by molar-refractivity contribution is 5.74. The minimum atomic E-state index is -0.217. The van der Waals surface area contributed by atoms with E-state index >= 15 is 0 Å². The normalized spacial score (nSPS) is 24.1. The van der Waals surface area contributed by atoms with Crippen molar-refractivity contribution in [1.82, 2.24) is 15.5 Å². The van der Waals surface area contributed by atoms with Gasteiger partial charge >= 0.3 is 6.03 Å². The lowest BCUT2D eigenvalue weighted by atomic mass is 9.74. The molecule has 3 atom stereocenters. The molecule has 0 saturated carbocycles. The quantitative estimate of drug-likeness (QED) is 0.885. The van der Waals surface area contributed by atoms with Gasteiger partial charge in [0.1, 0.15) is 5.82 Å². The number of nitrogens with one attached hydrogen (secondary N) is 2. The van der Waals surface area contributed by atoms with Crippen LogP contribution in [0.2, 0.25) is 0 Å². The van der Waals surface area contributed by atoms with Crippen LogP contribution in [-0.4, -0.2) is 42.6 Å². The lowest BCUT2D eigenvalue weighted by Crippen LogP contribution is -2.73. The lowest BCUT2D eigenvalue weighted by Gasteiger charge is -2.54. The molecule has 0 aliphatic carbocycles. The Labute approximate surface area is 153 Å². The number of carbonyl (C=O) groups excluding carboxylic acids is 1. The number of hydrogen-bond acceptors (Lipinski definition) is 2. The van der Waals surface area contributed by atoms with Crippen LogP contribution in [0.4, 0.5) is 9.18 Å². The van der Waals surface area contributed by atoms with Gasteiger partial charge in [0, 0.05) is 37.6 Å². The van der Waals surface area contributed by atoms with Crippen molar-refractivity contribution in [2.45, 2.75) is 31.3 Å². The molecule has 5 rings (SSSR count). The maximum atomic E-state index is 13.4. The summed E-state index contributed by atoms with van der Waals surface area (Å²) in [6.07, 6.45) is 0.949. The van der Waals surface area contributed by atoms with E-state index in [-0.39, 0.29) is 11.8 Å². The highest BCUT2D eigenvalue weighted by Crippen LogP contribution is 2.37. The zero-order chi connectivity index (χ0) is 18.1. The van der Waals surface area contributed by atoms with Crippen LogP contribution in [0.5, 0.6) is 0 Å². The Balaban J connectivity index is 1.43. The Morgan fingerprint density at radius 1 is 1.15 bits per heavy atom. The molecule has 3 aliphatic heterocycles. The molecule has 136 valence electrons. The number of amides is 2. The van der Waals surface area contributed by atoms with Crippen molar-refractivity contribution < 1.29 is 9.18 Å². The molecule has 3 aliphatic rings. The largest absolute Gasteiger partial charge is 0.338 e. The number of urea groups is 1. The van der Waals surface area contributed by atoms with Gasteiger partial charge in [-0.05, 0) is 35.2 Å². The fourth-order valence-electron chi connectivity index (χ4n) is 4.07. The molecule has 3 saturated heterocycles. The van der Waals surface area contributed by atoms with Crippen LogP contribution in [0.3, 0.4) is 0 Å². The van der Waals surface area contributed by atoms with Crippen LogP contribution in [0.15, 0.2) is 48.5 Å². The number of benzene rings is 2. The van der Waals surface area contributed by atoms with E-state index in [2.05, 4.69) is 41.8 Å². The first-order valence-corrected chi connectivity index (χ1v) is 9.30. The van der Waals surface area contributed by atoms with E-state index in [4.69, 9.17) is 0 Å². The maximum absolute atomic E-state index is 13.4. The standard InChI is InChI=1S/C21H24FN3O/c1-2-10-23-21(26)25-12-18-20(19(13-25)24-18)15-8-6-14(7-9-15)16-4-3-5-17(22)11-16/h3-9,11,18-20,24H,2,10,12-13H2,1H3,(H,23,26)/t18-,19+,20?. The highest BCUT2D eigenvalue weighted by Gasteiger charge is 2.47. The second-order valence-electron chi connectivity index (χ2n) is 7.17. The summed E-state index contributed by atoms with van der Waals surface area (Å²) in [5.74, 6) is 0.220. The molecule has 0 spiro atoms. The topological polar surface area (TPSA) is 44.4 Å². The zero-order valence-electron chi connectivity index (χ0n) is 14.9. The van der Waals surface area contributed by atoms with Crippen molar-refractivity contribution in [3.8, 4) is 11.1 Å². The maximum Gasteiger partial charge on any atom is 0.317 e. The second kappa shape index (κ2) is 7.08. The summed E-state index contributed by atoms with van der Waals surface area (Å²) in [6.45, 7) is 4.26. The summed E-state index contributed by atoms with van der Waals surface area (Å²) >= 11 is 0. The number of piperazine rings is 1. The van der Waals surface area contributed by atoms with Gasteiger partial charge in [-0.3, -0.25) is 0 Å². The monoisotopic (exact) mass is 353 g/mol. The molecule has 3 fully saturated rings. The third kappa shape index (κ3) is 3.19. The van der Waals surface area contributed by atoms with Crippen molar-refractivity contribution in [2.24, 2.45) is 0 Å². The van der Waals surface area contributed by atoms with Gasteiger partial charge in [-0.15, -0.1) is 0 Å². The number of piperidine rings is 1. The summed E-state index contributed by atoms with van der Waals surface area (Å²) in [4.78, 5) is 14.1. The molecule has 0 radical (unpaired) electrons. The number of halogens is 1. The minimum absolute atomic E-state index is 0.0447. The van der Waals surface area contributed by atoms with Gasteiger partial charge < -0.3 is 15.5 Å². The molecule has 4 nitrogen and oxygen atoms in total. The van der Waals surface area contributed by atoms with Gasteiger partial charge in [-0.2, -0.15) is 0 Å². The van der Waals surface area contributed by atoms with Crippen LogP contribution in [0, 0.1) is 5.82 Å². The van der Waals surface area contributed by atoms with E-state index in [0.29, 0.717) is 18.0 Å². The third-order valence-corrected chi connectivity index (χ3v) is 5.40. The van der Waals surface area contributed by atoms with E-state index in [1.807, 2.05) is 11.0 Å². The van der Waals surface area contributed by atoms with Gasteiger partial charge in [-0.1, -0.05) is 43.3 Å². The molecule has 2 N–H and O–H groups in total. The van der Waals surface area contributed by atoms with Crippen LogP contribution in [0.25, 0.3) is 11.1 Å². The van der Waals surface area contributed by atoms with E-state index in [9.17, 15) is 9.18 Å². The minimum Gasteiger partial charge on any atom is -0.338 e. The van der Waals surface area contributed by atoms with E-state index in [1.54, 1.807) is 12.1 Å². The molecule has 3 heterocycles. The average molecular weight is 353 g/mol. The molecular formula is C21H24FN3O. The Bertz CT molecular complexity index is 780. The fourth-order valence-corrected chi connectivity index (χ4v) is 4.07. The molecule has 2 bridgehead atoms. The number of fused-ring (bicyclic) bond motifs is 2. The van der Waals surface area contributed by atoms with Gasteiger partial charge in [0.05, 0.1) is 0 Å².